The average Bonchev–Trinajstić information content (AvgIpc) is 2.85. The Labute approximate surface area is 217 Å². The second-order valence-corrected chi connectivity index (χ2v) is 8.81. The number of pyridine rings is 1. The first kappa shape index (κ1) is 27.8. The third-order valence-electron chi connectivity index (χ3n) is 5.64. The maximum absolute atomic E-state index is 13.4. The van der Waals surface area contributed by atoms with Crippen molar-refractivity contribution in [2.75, 3.05) is 12.3 Å². The molecule has 11 heteroatoms. The zero-order valence-corrected chi connectivity index (χ0v) is 20.5. The minimum atomic E-state index is -4.55. The Balaban J connectivity index is 1.89. The highest BCUT2D eigenvalue weighted by Gasteiger charge is 2.36. The molecule has 0 bridgehead atoms. The molecule has 7 nitrogen and oxygen atoms in total. The van der Waals surface area contributed by atoms with E-state index in [0.29, 0.717) is 16.1 Å². The quantitative estimate of drug-likeness (QED) is 0.346. The van der Waals surface area contributed by atoms with Crippen molar-refractivity contribution in [3.05, 3.63) is 88.7 Å². The lowest BCUT2D eigenvalue weighted by Crippen LogP contribution is -2.45. The molecule has 0 aliphatic rings. The SMILES string of the molecule is Nc1cnccc1C(C(=O)NCc1ccc(Cl)cc1)N(CCC(F)(F)F)C(=O)CCc1ccc(O)cc1. The summed E-state index contributed by atoms with van der Waals surface area (Å²) in [5, 5.41) is 12.7. The first-order valence-electron chi connectivity index (χ1n) is 11.4. The summed E-state index contributed by atoms with van der Waals surface area (Å²) < 4.78 is 39.6. The minimum Gasteiger partial charge on any atom is -0.508 e. The normalized spacial score (nSPS) is 12.1. The smallest absolute Gasteiger partial charge is 0.390 e. The fourth-order valence-electron chi connectivity index (χ4n) is 3.71. The number of amides is 2. The molecule has 1 unspecified atom stereocenters. The molecule has 1 heterocycles. The number of aryl methyl sites for hydroxylation is 1. The molecule has 2 aromatic carbocycles. The van der Waals surface area contributed by atoms with Gasteiger partial charge in [-0.1, -0.05) is 35.9 Å². The molecule has 2 amide bonds. The number of rotatable bonds is 10. The summed E-state index contributed by atoms with van der Waals surface area (Å²) in [5.41, 5.74) is 7.69. The molecule has 0 aliphatic carbocycles. The van der Waals surface area contributed by atoms with Crippen LogP contribution in [-0.2, 0) is 22.6 Å². The van der Waals surface area contributed by atoms with Gasteiger partial charge in [0.2, 0.25) is 11.8 Å². The van der Waals surface area contributed by atoms with Gasteiger partial charge >= 0.3 is 6.18 Å². The van der Waals surface area contributed by atoms with E-state index in [2.05, 4.69) is 10.3 Å². The van der Waals surface area contributed by atoms with E-state index >= 15 is 0 Å². The first-order chi connectivity index (χ1) is 17.5. The Bertz CT molecular complexity index is 1200. The molecule has 4 N–H and O–H groups in total. The van der Waals surface area contributed by atoms with E-state index in [1.165, 1.54) is 30.6 Å². The van der Waals surface area contributed by atoms with Crippen molar-refractivity contribution in [3.8, 4) is 5.75 Å². The Morgan fingerprint density at radius 3 is 2.32 bits per heavy atom. The number of anilines is 1. The summed E-state index contributed by atoms with van der Waals surface area (Å²) in [7, 11) is 0. The van der Waals surface area contributed by atoms with Gasteiger partial charge in [0.25, 0.3) is 0 Å². The number of carbonyl (C=O) groups excluding carboxylic acids is 2. The van der Waals surface area contributed by atoms with Crippen LogP contribution in [0, 0.1) is 0 Å². The summed E-state index contributed by atoms with van der Waals surface area (Å²) in [5.74, 6) is -1.29. The minimum absolute atomic E-state index is 0.0486. The van der Waals surface area contributed by atoms with Crippen LogP contribution in [0.3, 0.4) is 0 Å². The second-order valence-electron chi connectivity index (χ2n) is 8.37. The van der Waals surface area contributed by atoms with Crippen LogP contribution in [0.5, 0.6) is 5.75 Å². The molecule has 3 rings (SSSR count). The van der Waals surface area contributed by atoms with Crippen molar-refractivity contribution in [3.63, 3.8) is 0 Å². The number of aromatic hydroxyl groups is 1. The highest BCUT2D eigenvalue weighted by Crippen LogP contribution is 2.29. The zero-order chi connectivity index (χ0) is 27.0. The van der Waals surface area contributed by atoms with E-state index in [0.717, 1.165) is 4.90 Å². The molecule has 196 valence electrons. The largest absolute Gasteiger partial charge is 0.508 e. The second kappa shape index (κ2) is 12.4. The van der Waals surface area contributed by atoms with Gasteiger partial charge < -0.3 is 21.1 Å². The van der Waals surface area contributed by atoms with Crippen LogP contribution >= 0.6 is 11.6 Å². The number of hydrogen-bond donors (Lipinski definition) is 3. The standard InChI is InChI=1S/C26H26ClF3N4O3/c27-19-6-1-18(2-7-19)15-33-25(37)24(21-11-13-32-16-22(21)31)34(14-12-26(28,29)30)23(36)10-5-17-3-8-20(35)9-4-17/h1-4,6-9,11,13,16,24,35H,5,10,12,14-15,31H2,(H,33,37). The number of aromatic nitrogens is 1. The highest BCUT2D eigenvalue weighted by atomic mass is 35.5. The molecule has 0 saturated carbocycles. The predicted molar refractivity (Wildman–Crippen MR) is 134 cm³/mol. The molecular weight excluding hydrogens is 509 g/mol. The van der Waals surface area contributed by atoms with E-state index in [1.54, 1.807) is 36.4 Å². The monoisotopic (exact) mass is 534 g/mol. The topological polar surface area (TPSA) is 109 Å². The predicted octanol–water partition coefficient (Wildman–Crippen LogP) is 4.79. The lowest BCUT2D eigenvalue weighted by molar-refractivity contribution is -0.152. The Kier molecular flexibility index (Phi) is 9.35. The molecule has 1 aromatic heterocycles. The van der Waals surface area contributed by atoms with Gasteiger partial charge in [0, 0.05) is 36.3 Å². The summed E-state index contributed by atoms with van der Waals surface area (Å²) in [6.07, 6.45) is -3.18. The van der Waals surface area contributed by atoms with Gasteiger partial charge in [0.1, 0.15) is 11.8 Å². The number of nitrogens with one attached hydrogen (secondary N) is 1. The fourth-order valence-corrected chi connectivity index (χ4v) is 3.83. The molecule has 0 fully saturated rings. The van der Waals surface area contributed by atoms with Crippen LogP contribution < -0.4 is 11.1 Å². The van der Waals surface area contributed by atoms with Gasteiger partial charge in [-0.2, -0.15) is 13.2 Å². The average molecular weight is 535 g/mol. The number of phenols is 1. The van der Waals surface area contributed by atoms with Crippen molar-refractivity contribution in [1.29, 1.82) is 0 Å². The summed E-state index contributed by atoms with van der Waals surface area (Å²) in [6.45, 7) is -0.676. The van der Waals surface area contributed by atoms with Crippen molar-refractivity contribution in [2.24, 2.45) is 0 Å². The molecule has 0 saturated heterocycles. The number of halogens is 4. The van der Waals surface area contributed by atoms with Crippen LogP contribution in [0.2, 0.25) is 5.02 Å². The van der Waals surface area contributed by atoms with Gasteiger partial charge in [-0.15, -0.1) is 0 Å². The molecule has 0 radical (unpaired) electrons. The van der Waals surface area contributed by atoms with Crippen molar-refractivity contribution < 1.29 is 27.9 Å². The highest BCUT2D eigenvalue weighted by molar-refractivity contribution is 6.30. The molecule has 0 spiro atoms. The number of alkyl halides is 3. The van der Waals surface area contributed by atoms with Crippen LogP contribution in [0.4, 0.5) is 18.9 Å². The van der Waals surface area contributed by atoms with Crippen LogP contribution in [-0.4, -0.2) is 39.5 Å². The third-order valence-corrected chi connectivity index (χ3v) is 5.89. The zero-order valence-electron chi connectivity index (χ0n) is 19.7. The Morgan fingerprint density at radius 2 is 1.70 bits per heavy atom. The first-order valence-corrected chi connectivity index (χ1v) is 11.8. The molecule has 37 heavy (non-hydrogen) atoms. The maximum Gasteiger partial charge on any atom is 0.390 e. The van der Waals surface area contributed by atoms with Gasteiger partial charge in [-0.3, -0.25) is 14.6 Å². The van der Waals surface area contributed by atoms with E-state index in [9.17, 15) is 27.9 Å². The van der Waals surface area contributed by atoms with Gasteiger partial charge in [-0.05, 0) is 47.9 Å². The Morgan fingerprint density at radius 1 is 1.05 bits per heavy atom. The number of hydrogen-bond acceptors (Lipinski definition) is 5. The number of carbonyl (C=O) groups is 2. The number of nitrogens with zero attached hydrogens (tertiary/aromatic N) is 2. The number of nitrogens with two attached hydrogens (primary N) is 1. The summed E-state index contributed by atoms with van der Waals surface area (Å²) in [6, 6.07) is 12.8. The lowest BCUT2D eigenvalue weighted by atomic mass is 10.0. The third kappa shape index (κ3) is 8.38. The number of nitrogen functional groups attached to an aromatic ring is 1. The van der Waals surface area contributed by atoms with E-state index < -0.39 is 37.0 Å². The molecule has 3 aromatic rings. The van der Waals surface area contributed by atoms with Crippen LogP contribution in [0.25, 0.3) is 0 Å². The molecular formula is C26H26ClF3N4O3. The van der Waals surface area contributed by atoms with Gasteiger partial charge in [-0.25, -0.2) is 0 Å². The summed E-state index contributed by atoms with van der Waals surface area (Å²) in [4.78, 5) is 31.5. The van der Waals surface area contributed by atoms with Crippen LogP contribution in [0.1, 0.15) is 35.6 Å². The molecule has 1 atom stereocenters. The van der Waals surface area contributed by atoms with E-state index in [1.807, 2.05) is 0 Å². The fraction of sp³-hybridized carbons (Fsp3) is 0.269. The van der Waals surface area contributed by atoms with E-state index in [-0.39, 0.29) is 36.4 Å². The number of benzene rings is 2. The van der Waals surface area contributed by atoms with Gasteiger partial charge in [0.05, 0.1) is 18.3 Å². The molecule has 0 aliphatic heterocycles. The van der Waals surface area contributed by atoms with Crippen molar-refractivity contribution >= 4 is 29.1 Å². The van der Waals surface area contributed by atoms with Crippen molar-refractivity contribution in [1.82, 2.24) is 15.2 Å². The van der Waals surface area contributed by atoms with Gasteiger partial charge in [0.15, 0.2) is 0 Å². The summed E-state index contributed by atoms with van der Waals surface area (Å²) >= 11 is 5.90. The maximum atomic E-state index is 13.4. The van der Waals surface area contributed by atoms with Crippen LogP contribution in [0.15, 0.2) is 67.0 Å². The lowest BCUT2D eigenvalue weighted by Gasteiger charge is -2.32. The van der Waals surface area contributed by atoms with E-state index in [4.69, 9.17) is 17.3 Å². The number of phenolic OH excluding ortho intramolecular Hbond substituents is 1. The Hall–Kier alpha value is -3.79. The van der Waals surface area contributed by atoms with Crippen molar-refractivity contribution in [2.45, 2.75) is 38.0 Å².